The predicted molar refractivity (Wildman–Crippen MR) is 82.3 cm³/mol. The Kier molecular flexibility index (Phi) is 4.83. The first-order valence-electron chi connectivity index (χ1n) is 7.67. The summed E-state index contributed by atoms with van der Waals surface area (Å²) in [5, 5.41) is 4.66. The van der Waals surface area contributed by atoms with Crippen molar-refractivity contribution in [3.8, 4) is 0 Å². The van der Waals surface area contributed by atoms with E-state index in [1.165, 1.54) is 25.7 Å². The molecule has 1 aromatic rings. The molecular weight excluding hydrogens is 250 g/mol. The van der Waals surface area contributed by atoms with Gasteiger partial charge in [0.15, 0.2) is 0 Å². The second-order valence-electron chi connectivity index (χ2n) is 6.51. The highest BCUT2D eigenvalue weighted by Crippen LogP contribution is 2.37. The van der Waals surface area contributed by atoms with E-state index in [0.29, 0.717) is 6.04 Å². The van der Waals surface area contributed by atoms with Gasteiger partial charge in [-0.2, -0.15) is 5.10 Å². The Morgan fingerprint density at radius 3 is 2.50 bits per heavy atom. The molecule has 0 saturated heterocycles. The fourth-order valence-corrected chi connectivity index (χ4v) is 3.48. The van der Waals surface area contributed by atoms with Gasteiger partial charge in [0.1, 0.15) is 0 Å². The summed E-state index contributed by atoms with van der Waals surface area (Å²) >= 11 is 0. The van der Waals surface area contributed by atoms with Crippen molar-refractivity contribution >= 4 is 0 Å². The van der Waals surface area contributed by atoms with E-state index in [-0.39, 0.29) is 11.6 Å². The number of nitrogens with one attached hydrogen (secondary N) is 1. The molecule has 1 unspecified atom stereocenters. The van der Waals surface area contributed by atoms with Crippen LogP contribution in [0.2, 0.25) is 0 Å². The maximum atomic E-state index is 5.88. The van der Waals surface area contributed by atoms with Crippen LogP contribution in [0.25, 0.3) is 0 Å². The zero-order chi connectivity index (χ0) is 14.8. The molecule has 114 valence electrons. The summed E-state index contributed by atoms with van der Waals surface area (Å²) in [4.78, 5) is 2.35. The zero-order valence-corrected chi connectivity index (χ0v) is 13.3. The molecule has 1 aromatic heterocycles. The fourth-order valence-electron chi connectivity index (χ4n) is 3.48. The van der Waals surface area contributed by atoms with E-state index < -0.39 is 0 Å². The molecule has 1 aliphatic carbocycles. The normalized spacial score (nSPS) is 19.9. The van der Waals surface area contributed by atoms with Gasteiger partial charge in [-0.1, -0.05) is 12.8 Å². The van der Waals surface area contributed by atoms with Crippen LogP contribution in [0, 0.1) is 0 Å². The Bertz CT molecular complexity index is 418. The van der Waals surface area contributed by atoms with Crippen LogP contribution < -0.4 is 11.3 Å². The molecule has 0 spiro atoms. The highest BCUT2D eigenvalue weighted by molar-refractivity contribution is 5.09. The number of hydrazine groups is 1. The lowest BCUT2D eigenvalue weighted by atomic mass is 9.84. The van der Waals surface area contributed by atoms with Crippen molar-refractivity contribution < 1.29 is 0 Å². The van der Waals surface area contributed by atoms with Crippen LogP contribution in [0.4, 0.5) is 0 Å². The molecule has 0 aromatic carbocycles. The van der Waals surface area contributed by atoms with Crippen LogP contribution in [-0.2, 0) is 6.42 Å². The van der Waals surface area contributed by atoms with E-state index in [4.69, 9.17) is 5.84 Å². The SMILES string of the molecule is CC(C)n1ccc(CC(NN)C2(N(C)C)CCCC2)n1. The maximum Gasteiger partial charge on any atom is 0.0641 e. The van der Waals surface area contributed by atoms with Gasteiger partial charge in [0.25, 0.3) is 0 Å². The summed E-state index contributed by atoms with van der Waals surface area (Å²) < 4.78 is 2.01. The molecule has 0 radical (unpaired) electrons. The third-order valence-corrected chi connectivity index (χ3v) is 4.82. The van der Waals surface area contributed by atoms with E-state index >= 15 is 0 Å². The fraction of sp³-hybridized carbons (Fsp3) is 0.800. The van der Waals surface area contributed by atoms with Crippen LogP contribution in [0.3, 0.4) is 0 Å². The standard InChI is InChI=1S/C15H29N5/c1-12(2)20-10-7-13(18-20)11-14(17-16)15(19(3)4)8-5-6-9-15/h7,10,12,14,17H,5-6,8-9,11,16H2,1-4H3. The van der Waals surface area contributed by atoms with Gasteiger partial charge >= 0.3 is 0 Å². The van der Waals surface area contributed by atoms with Crippen LogP contribution in [0.15, 0.2) is 12.3 Å². The van der Waals surface area contributed by atoms with E-state index in [0.717, 1.165) is 12.1 Å². The summed E-state index contributed by atoms with van der Waals surface area (Å²) in [5.41, 5.74) is 4.35. The van der Waals surface area contributed by atoms with Crippen molar-refractivity contribution in [2.75, 3.05) is 14.1 Å². The van der Waals surface area contributed by atoms with Crippen LogP contribution >= 0.6 is 0 Å². The van der Waals surface area contributed by atoms with Crippen molar-refractivity contribution in [2.45, 2.75) is 63.6 Å². The highest BCUT2D eigenvalue weighted by Gasteiger charge is 2.42. The summed E-state index contributed by atoms with van der Waals surface area (Å²) in [7, 11) is 4.34. The van der Waals surface area contributed by atoms with E-state index in [1.807, 2.05) is 4.68 Å². The first-order chi connectivity index (χ1) is 9.49. The largest absolute Gasteiger partial charge is 0.302 e. The minimum atomic E-state index is 0.163. The number of nitrogens with zero attached hydrogens (tertiary/aromatic N) is 3. The maximum absolute atomic E-state index is 5.88. The number of hydrogen-bond donors (Lipinski definition) is 2. The number of aromatic nitrogens is 2. The van der Waals surface area contributed by atoms with E-state index in [9.17, 15) is 0 Å². The van der Waals surface area contributed by atoms with Crippen LogP contribution in [0.5, 0.6) is 0 Å². The molecule has 1 heterocycles. The lowest BCUT2D eigenvalue weighted by molar-refractivity contribution is 0.104. The third-order valence-electron chi connectivity index (χ3n) is 4.82. The van der Waals surface area contributed by atoms with E-state index in [1.54, 1.807) is 0 Å². The van der Waals surface area contributed by atoms with Gasteiger partial charge in [0.05, 0.1) is 5.69 Å². The molecule has 3 N–H and O–H groups in total. The van der Waals surface area contributed by atoms with Gasteiger partial charge in [0, 0.05) is 30.2 Å². The lowest BCUT2D eigenvalue weighted by Crippen LogP contribution is -2.60. The van der Waals surface area contributed by atoms with Gasteiger partial charge in [0.2, 0.25) is 0 Å². The van der Waals surface area contributed by atoms with Gasteiger partial charge in [-0.15, -0.1) is 0 Å². The summed E-state index contributed by atoms with van der Waals surface area (Å²) in [6, 6.07) is 2.76. The van der Waals surface area contributed by atoms with Gasteiger partial charge < -0.3 is 4.90 Å². The zero-order valence-electron chi connectivity index (χ0n) is 13.3. The molecule has 1 saturated carbocycles. The Labute approximate surface area is 122 Å². The molecule has 1 atom stereocenters. The Morgan fingerprint density at radius 2 is 2.05 bits per heavy atom. The number of hydrogen-bond acceptors (Lipinski definition) is 4. The third kappa shape index (κ3) is 2.90. The van der Waals surface area contributed by atoms with Gasteiger partial charge in [-0.3, -0.25) is 16.0 Å². The summed E-state index contributed by atoms with van der Waals surface area (Å²) in [5.74, 6) is 5.88. The minimum absolute atomic E-state index is 0.163. The number of rotatable bonds is 6. The lowest BCUT2D eigenvalue weighted by Gasteiger charge is -2.42. The Balaban J connectivity index is 2.14. The van der Waals surface area contributed by atoms with E-state index in [2.05, 4.69) is 55.6 Å². The topological polar surface area (TPSA) is 59.1 Å². The monoisotopic (exact) mass is 279 g/mol. The smallest absolute Gasteiger partial charge is 0.0641 e. The molecule has 0 bridgehead atoms. The molecule has 1 aliphatic rings. The van der Waals surface area contributed by atoms with Crippen LogP contribution in [-0.4, -0.2) is 40.4 Å². The van der Waals surface area contributed by atoms with Crippen LogP contribution in [0.1, 0.15) is 51.3 Å². The van der Waals surface area contributed by atoms with Gasteiger partial charge in [-0.25, -0.2) is 0 Å². The average molecular weight is 279 g/mol. The second-order valence-corrected chi connectivity index (χ2v) is 6.51. The molecular formula is C15H29N5. The molecule has 1 fully saturated rings. The molecule has 5 heteroatoms. The average Bonchev–Trinajstić information content (AvgIpc) is 3.05. The van der Waals surface area contributed by atoms with Crippen molar-refractivity contribution in [1.29, 1.82) is 0 Å². The molecule has 20 heavy (non-hydrogen) atoms. The molecule has 5 nitrogen and oxygen atoms in total. The first-order valence-corrected chi connectivity index (χ1v) is 7.67. The predicted octanol–water partition coefficient (Wildman–Crippen LogP) is 1.71. The molecule has 2 rings (SSSR count). The molecule has 0 amide bonds. The Hall–Kier alpha value is -0.910. The molecule has 0 aliphatic heterocycles. The second kappa shape index (κ2) is 6.24. The number of nitrogens with two attached hydrogens (primary N) is 1. The minimum Gasteiger partial charge on any atom is -0.302 e. The number of likely N-dealkylation sites (N-methyl/N-ethyl adjacent to an activating group) is 1. The van der Waals surface area contributed by atoms with Crippen molar-refractivity contribution in [2.24, 2.45) is 5.84 Å². The quantitative estimate of drug-likeness (QED) is 0.615. The van der Waals surface area contributed by atoms with Crippen molar-refractivity contribution in [3.05, 3.63) is 18.0 Å². The van der Waals surface area contributed by atoms with Crippen molar-refractivity contribution in [3.63, 3.8) is 0 Å². The first kappa shape index (κ1) is 15.5. The highest BCUT2D eigenvalue weighted by atomic mass is 15.3. The summed E-state index contributed by atoms with van der Waals surface area (Å²) in [6.07, 6.45) is 7.94. The van der Waals surface area contributed by atoms with Crippen molar-refractivity contribution in [1.82, 2.24) is 20.1 Å². The summed E-state index contributed by atoms with van der Waals surface area (Å²) in [6.45, 7) is 4.29. The van der Waals surface area contributed by atoms with Gasteiger partial charge in [-0.05, 0) is 46.9 Å². The Morgan fingerprint density at radius 1 is 1.40 bits per heavy atom.